The third-order valence-corrected chi connectivity index (χ3v) is 12.9. The molecule has 0 spiro atoms. The maximum Gasteiger partial charge on any atom is 0.306 e. The third kappa shape index (κ3) is 57.4. The fraction of sp³-hybridized carbons (Fsp3) is 0.738. The lowest BCUT2D eigenvalue weighted by Crippen LogP contribution is -2.30. The summed E-state index contributed by atoms with van der Waals surface area (Å²) in [6.45, 7) is 6.51. The molecule has 0 rings (SSSR count). The van der Waals surface area contributed by atoms with Gasteiger partial charge in [0.15, 0.2) is 6.10 Å². The minimum Gasteiger partial charge on any atom is -0.462 e. The summed E-state index contributed by atoms with van der Waals surface area (Å²) in [6, 6.07) is 0. The quantitative estimate of drug-likeness (QED) is 0.0261. The molecule has 0 saturated carbocycles. The molecule has 0 aliphatic carbocycles. The summed E-state index contributed by atoms with van der Waals surface area (Å²) in [6.07, 6.45) is 77.2. The number of unbranched alkanes of at least 4 members (excludes halogenated alkanes) is 29. The molecular weight excluding hydrogens is 877 g/mol. The molecule has 0 aliphatic rings. The lowest BCUT2D eigenvalue weighted by Gasteiger charge is -2.18. The smallest absolute Gasteiger partial charge is 0.306 e. The normalized spacial score (nSPS) is 12.7. The number of allylic oxidation sites excluding steroid dienone is 14. The van der Waals surface area contributed by atoms with E-state index in [-0.39, 0.29) is 31.1 Å². The van der Waals surface area contributed by atoms with E-state index in [9.17, 15) is 14.4 Å². The number of esters is 3. The Kier molecular flexibility index (Phi) is 56.3. The van der Waals surface area contributed by atoms with Crippen LogP contribution in [0.4, 0.5) is 0 Å². The first-order valence-corrected chi connectivity index (χ1v) is 30.1. The minimum absolute atomic E-state index is 0.0848. The second-order valence-corrected chi connectivity index (χ2v) is 19.9. The number of rotatable bonds is 54. The first-order valence-electron chi connectivity index (χ1n) is 30.1. The molecule has 0 heterocycles. The first-order chi connectivity index (χ1) is 35.0. The van der Waals surface area contributed by atoms with Gasteiger partial charge < -0.3 is 14.2 Å². The summed E-state index contributed by atoms with van der Waals surface area (Å²) in [7, 11) is 0. The van der Waals surface area contributed by atoms with Crippen molar-refractivity contribution in [1.82, 2.24) is 0 Å². The molecule has 1 atom stereocenters. The van der Waals surface area contributed by atoms with Gasteiger partial charge in [0.25, 0.3) is 0 Å². The van der Waals surface area contributed by atoms with Gasteiger partial charge >= 0.3 is 17.9 Å². The summed E-state index contributed by atoms with van der Waals surface area (Å²) < 4.78 is 16.9. The van der Waals surface area contributed by atoms with Crippen molar-refractivity contribution in [3.8, 4) is 0 Å². The van der Waals surface area contributed by atoms with Gasteiger partial charge in [0.05, 0.1) is 0 Å². The Hall–Kier alpha value is -3.41. The Bertz CT molecular complexity index is 1370. The molecule has 71 heavy (non-hydrogen) atoms. The van der Waals surface area contributed by atoms with E-state index in [0.717, 1.165) is 116 Å². The van der Waals surface area contributed by atoms with E-state index in [2.05, 4.69) is 106 Å². The largest absolute Gasteiger partial charge is 0.462 e. The van der Waals surface area contributed by atoms with Crippen LogP contribution in [0.5, 0.6) is 0 Å². The molecule has 0 aliphatic heterocycles. The molecule has 0 radical (unpaired) electrons. The van der Waals surface area contributed by atoms with Crippen LogP contribution < -0.4 is 0 Å². The molecule has 0 N–H and O–H groups in total. The summed E-state index contributed by atoms with van der Waals surface area (Å²) in [5.41, 5.74) is 0. The Labute approximate surface area is 439 Å². The highest BCUT2D eigenvalue weighted by molar-refractivity contribution is 5.71. The Morgan fingerprint density at radius 3 is 0.873 bits per heavy atom. The molecular formula is C65H112O6. The van der Waals surface area contributed by atoms with Crippen molar-refractivity contribution in [2.75, 3.05) is 13.2 Å². The summed E-state index contributed by atoms with van der Waals surface area (Å²) >= 11 is 0. The molecule has 6 heteroatoms. The number of ether oxygens (including phenoxy) is 3. The maximum absolute atomic E-state index is 12.8. The van der Waals surface area contributed by atoms with E-state index < -0.39 is 6.10 Å². The van der Waals surface area contributed by atoms with E-state index in [1.807, 2.05) is 0 Å². The number of carbonyl (C=O) groups excluding carboxylic acids is 3. The van der Waals surface area contributed by atoms with Crippen LogP contribution in [0, 0.1) is 0 Å². The molecule has 408 valence electrons. The molecule has 6 nitrogen and oxygen atoms in total. The van der Waals surface area contributed by atoms with Crippen LogP contribution in [-0.4, -0.2) is 37.2 Å². The van der Waals surface area contributed by atoms with Gasteiger partial charge in [0.1, 0.15) is 13.2 Å². The predicted octanol–water partition coefficient (Wildman–Crippen LogP) is 20.3. The third-order valence-electron chi connectivity index (χ3n) is 12.9. The van der Waals surface area contributed by atoms with Crippen molar-refractivity contribution >= 4 is 17.9 Å². The lowest BCUT2D eigenvalue weighted by molar-refractivity contribution is -0.167. The average Bonchev–Trinajstić information content (AvgIpc) is 3.37. The van der Waals surface area contributed by atoms with Crippen LogP contribution in [0.25, 0.3) is 0 Å². The summed E-state index contributed by atoms with van der Waals surface area (Å²) in [5, 5.41) is 0. The molecule has 0 aromatic carbocycles. The molecule has 1 unspecified atom stereocenters. The van der Waals surface area contributed by atoms with Gasteiger partial charge in [0, 0.05) is 19.3 Å². The van der Waals surface area contributed by atoms with Crippen molar-refractivity contribution in [2.24, 2.45) is 0 Å². The van der Waals surface area contributed by atoms with E-state index >= 15 is 0 Å². The predicted molar refractivity (Wildman–Crippen MR) is 307 cm³/mol. The van der Waals surface area contributed by atoms with Crippen molar-refractivity contribution in [3.05, 3.63) is 85.1 Å². The maximum atomic E-state index is 12.8. The van der Waals surface area contributed by atoms with Crippen LogP contribution in [0.2, 0.25) is 0 Å². The molecule has 0 aromatic rings. The van der Waals surface area contributed by atoms with Gasteiger partial charge in [0.2, 0.25) is 0 Å². The molecule has 0 fully saturated rings. The highest BCUT2D eigenvalue weighted by atomic mass is 16.6. The lowest BCUT2D eigenvalue weighted by atomic mass is 10.1. The second kappa shape index (κ2) is 59.2. The van der Waals surface area contributed by atoms with Crippen molar-refractivity contribution in [2.45, 2.75) is 297 Å². The fourth-order valence-electron chi connectivity index (χ4n) is 8.34. The van der Waals surface area contributed by atoms with Crippen LogP contribution in [0.1, 0.15) is 290 Å². The second-order valence-electron chi connectivity index (χ2n) is 19.9. The van der Waals surface area contributed by atoms with Crippen LogP contribution in [0.15, 0.2) is 85.1 Å². The Morgan fingerprint density at radius 2 is 0.549 bits per heavy atom. The van der Waals surface area contributed by atoms with Gasteiger partial charge in [-0.25, -0.2) is 0 Å². The molecule has 0 saturated heterocycles. The topological polar surface area (TPSA) is 78.9 Å². The molecule has 0 aromatic heterocycles. The Balaban J connectivity index is 4.33. The fourth-order valence-corrected chi connectivity index (χ4v) is 8.34. The zero-order valence-electron chi connectivity index (χ0n) is 46.7. The van der Waals surface area contributed by atoms with E-state index in [0.29, 0.717) is 19.3 Å². The van der Waals surface area contributed by atoms with E-state index in [1.54, 1.807) is 0 Å². The van der Waals surface area contributed by atoms with Gasteiger partial charge in [-0.1, -0.05) is 241 Å². The Morgan fingerprint density at radius 1 is 0.296 bits per heavy atom. The van der Waals surface area contributed by atoms with Crippen LogP contribution in [-0.2, 0) is 28.6 Å². The average molecular weight is 990 g/mol. The first kappa shape index (κ1) is 67.6. The van der Waals surface area contributed by atoms with Gasteiger partial charge in [-0.3, -0.25) is 14.4 Å². The highest BCUT2D eigenvalue weighted by Crippen LogP contribution is 2.15. The standard InChI is InChI=1S/C65H112O6/c1-4-7-10-13-16-19-22-25-28-29-30-31-32-33-34-35-36-37-38-41-43-46-49-52-55-58-64(67)70-61-62(71-65(68)59-56-53-50-47-44-40-27-24-21-18-15-12-9-6-3)60-69-63(66)57-54-51-48-45-42-39-26-23-20-17-14-11-8-5-2/h7,10,16,19,23-28,30-31,33-34,62H,4-6,8-9,11-15,17-18,20-22,29,32,35-61H2,1-3H3/b10-7-,19-16-,26-23-,27-24-,28-25-,31-30-,34-33-. The van der Waals surface area contributed by atoms with Crippen molar-refractivity contribution in [3.63, 3.8) is 0 Å². The number of hydrogen-bond donors (Lipinski definition) is 0. The van der Waals surface area contributed by atoms with Gasteiger partial charge in [-0.05, 0) is 116 Å². The highest BCUT2D eigenvalue weighted by Gasteiger charge is 2.19. The molecule has 0 bridgehead atoms. The van der Waals surface area contributed by atoms with E-state index in [4.69, 9.17) is 14.2 Å². The van der Waals surface area contributed by atoms with E-state index in [1.165, 1.54) is 135 Å². The van der Waals surface area contributed by atoms with Gasteiger partial charge in [-0.2, -0.15) is 0 Å². The number of hydrogen-bond acceptors (Lipinski definition) is 6. The SMILES string of the molecule is CC/C=C\C/C=C\C/C=C\C/C=C\C/C=C\CCCCCCCCCCCC(=O)OCC(COC(=O)CCCCCCC/C=C\CCCCCCC)OC(=O)CCCCCCC/C=C\CCCCCCC. The zero-order chi connectivity index (χ0) is 51.4. The van der Waals surface area contributed by atoms with Crippen molar-refractivity contribution in [1.29, 1.82) is 0 Å². The van der Waals surface area contributed by atoms with Gasteiger partial charge in [-0.15, -0.1) is 0 Å². The number of carbonyl (C=O) groups is 3. The monoisotopic (exact) mass is 989 g/mol. The minimum atomic E-state index is -0.787. The molecule has 0 amide bonds. The summed E-state index contributed by atoms with van der Waals surface area (Å²) in [5.74, 6) is -0.900. The van der Waals surface area contributed by atoms with Crippen LogP contribution >= 0.6 is 0 Å². The van der Waals surface area contributed by atoms with Crippen LogP contribution in [0.3, 0.4) is 0 Å². The summed E-state index contributed by atoms with van der Waals surface area (Å²) in [4.78, 5) is 38.2. The zero-order valence-corrected chi connectivity index (χ0v) is 46.7. The van der Waals surface area contributed by atoms with Crippen molar-refractivity contribution < 1.29 is 28.6 Å².